The van der Waals surface area contributed by atoms with E-state index in [-0.39, 0.29) is 5.56 Å². The van der Waals surface area contributed by atoms with Gasteiger partial charge in [-0.1, -0.05) is 0 Å². The van der Waals surface area contributed by atoms with Crippen LogP contribution in [0.2, 0.25) is 0 Å². The molecule has 0 aliphatic carbocycles. The molecule has 1 unspecified atom stereocenters. The first kappa shape index (κ1) is 13.5. The number of hydrogen-bond acceptors (Lipinski definition) is 3. The van der Waals surface area contributed by atoms with E-state index in [9.17, 15) is 14.4 Å². The fraction of sp³-hybridized carbons (Fsp3) is 0.182. The summed E-state index contributed by atoms with van der Waals surface area (Å²) in [6.45, 7) is 1.33. The van der Waals surface area contributed by atoms with Crippen molar-refractivity contribution in [1.82, 2.24) is 5.32 Å². The third-order valence-electron chi connectivity index (χ3n) is 2.11. The van der Waals surface area contributed by atoms with Gasteiger partial charge in [-0.15, -0.1) is 0 Å². The molecule has 1 aromatic rings. The quantitative estimate of drug-likeness (QED) is 0.637. The maximum absolute atomic E-state index is 11.3. The topological polar surface area (TPSA) is 116 Å². The number of hydrogen-bond donors (Lipinski definition) is 4. The fourth-order valence-electron chi connectivity index (χ4n) is 1.12. The van der Waals surface area contributed by atoms with Crippen molar-refractivity contribution in [2.75, 3.05) is 5.32 Å². The van der Waals surface area contributed by atoms with Crippen LogP contribution in [-0.2, 0) is 4.79 Å². The zero-order valence-electron chi connectivity index (χ0n) is 9.51. The second kappa shape index (κ2) is 5.67. The Hall–Kier alpha value is -2.57. The lowest BCUT2D eigenvalue weighted by atomic mass is 10.2. The number of rotatable bonds is 4. The summed E-state index contributed by atoms with van der Waals surface area (Å²) in [7, 11) is 0. The van der Waals surface area contributed by atoms with Gasteiger partial charge < -0.3 is 20.8 Å². The minimum atomic E-state index is -1.15. The van der Waals surface area contributed by atoms with Gasteiger partial charge >= 0.3 is 18.0 Å². The summed E-state index contributed by atoms with van der Waals surface area (Å²) >= 11 is 0. The number of carboxylic acid groups (broad SMARTS) is 2. The number of aliphatic carboxylic acids is 1. The third kappa shape index (κ3) is 3.78. The van der Waals surface area contributed by atoms with Crippen LogP contribution in [0.15, 0.2) is 24.3 Å². The lowest BCUT2D eigenvalue weighted by Crippen LogP contribution is -2.40. The van der Waals surface area contributed by atoms with Gasteiger partial charge in [0.15, 0.2) is 0 Å². The number of aromatic carboxylic acids is 1. The Balaban J connectivity index is 2.60. The van der Waals surface area contributed by atoms with Crippen LogP contribution in [0.25, 0.3) is 0 Å². The van der Waals surface area contributed by atoms with Gasteiger partial charge in [-0.25, -0.2) is 9.59 Å². The highest BCUT2D eigenvalue weighted by Gasteiger charge is 2.13. The zero-order valence-corrected chi connectivity index (χ0v) is 9.51. The summed E-state index contributed by atoms with van der Waals surface area (Å²) in [5, 5.41) is 21.8. The molecule has 0 spiro atoms. The predicted octanol–water partition coefficient (Wildman–Crippen LogP) is 0.979. The van der Waals surface area contributed by atoms with E-state index >= 15 is 0 Å². The van der Waals surface area contributed by atoms with E-state index in [0.717, 1.165) is 0 Å². The molecular weight excluding hydrogens is 240 g/mol. The van der Waals surface area contributed by atoms with Crippen molar-refractivity contribution in [2.24, 2.45) is 0 Å². The standard InChI is InChI=1S/C11H12N2O5/c1-6(9(14)15)12-11(18)13-8-4-2-7(3-5-8)10(16)17/h2-6H,1H3,(H,14,15)(H,16,17)(H2,12,13,18). The van der Waals surface area contributed by atoms with Gasteiger partial charge in [0.05, 0.1) is 5.56 Å². The number of nitrogens with one attached hydrogen (secondary N) is 2. The molecule has 0 aliphatic heterocycles. The summed E-state index contributed by atoms with van der Waals surface area (Å²) in [6.07, 6.45) is 0. The van der Waals surface area contributed by atoms with E-state index in [0.29, 0.717) is 5.69 Å². The molecule has 0 bridgehead atoms. The first-order valence-electron chi connectivity index (χ1n) is 5.04. The minimum Gasteiger partial charge on any atom is -0.480 e. The highest BCUT2D eigenvalue weighted by atomic mass is 16.4. The lowest BCUT2D eigenvalue weighted by molar-refractivity contribution is -0.138. The molecule has 1 aromatic carbocycles. The first-order chi connectivity index (χ1) is 8.40. The van der Waals surface area contributed by atoms with Gasteiger partial charge in [0.25, 0.3) is 0 Å². The molecule has 18 heavy (non-hydrogen) atoms. The van der Waals surface area contributed by atoms with Gasteiger partial charge in [0.1, 0.15) is 6.04 Å². The molecule has 0 radical (unpaired) electrons. The van der Waals surface area contributed by atoms with Crippen LogP contribution >= 0.6 is 0 Å². The average molecular weight is 252 g/mol. The Labute approximate surface area is 102 Å². The van der Waals surface area contributed by atoms with Crippen LogP contribution in [0.1, 0.15) is 17.3 Å². The summed E-state index contributed by atoms with van der Waals surface area (Å²) in [6, 6.07) is 3.80. The molecule has 7 nitrogen and oxygen atoms in total. The smallest absolute Gasteiger partial charge is 0.335 e. The molecule has 0 fully saturated rings. The highest BCUT2D eigenvalue weighted by molar-refractivity contribution is 5.93. The van der Waals surface area contributed by atoms with Gasteiger partial charge in [0.2, 0.25) is 0 Å². The number of benzene rings is 1. The number of carbonyl (C=O) groups excluding carboxylic acids is 1. The van der Waals surface area contributed by atoms with Crippen molar-refractivity contribution >= 4 is 23.7 Å². The molecule has 0 heterocycles. The Bertz CT molecular complexity index is 469. The van der Waals surface area contributed by atoms with Crippen LogP contribution in [0.4, 0.5) is 10.5 Å². The van der Waals surface area contributed by atoms with E-state index in [1.807, 2.05) is 0 Å². The molecular formula is C11H12N2O5. The first-order valence-corrected chi connectivity index (χ1v) is 5.04. The molecule has 0 saturated carbocycles. The second-order valence-electron chi connectivity index (χ2n) is 3.54. The second-order valence-corrected chi connectivity index (χ2v) is 3.54. The lowest BCUT2D eigenvalue weighted by Gasteiger charge is -2.10. The number of urea groups is 1. The van der Waals surface area contributed by atoms with Crippen molar-refractivity contribution in [3.63, 3.8) is 0 Å². The number of carboxylic acids is 2. The normalized spacial score (nSPS) is 11.4. The number of amides is 2. The van der Waals surface area contributed by atoms with Crippen molar-refractivity contribution in [3.8, 4) is 0 Å². The van der Waals surface area contributed by atoms with E-state index in [4.69, 9.17) is 10.2 Å². The molecule has 1 atom stereocenters. The molecule has 1 rings (SSSR count). The monoisotopic (exact) mass is 252 g/mol. The Morgan fingerprint density at radius 1 is 1.11 bits per heavy atom. The van der Waals surface area contributed by atoms with Crippen molar-refractivity contribution in [1.29, 1.82) is 0 Å². The van der Waals surface area contributed by atoms with Crippen molar-refractivity contribution < 1.29 is 24.6 Å². The van der Waals surface area contributed by atoms with Crippen molar-refractivity contribution in [3.05, 3.63) is 29.8 Å². The van der Waals surface area contributed by atoms with Crippen LogP contribution in [0.5, 0.6) is 0 Å². The molecule has 4 N–H and O–H groups in total. The molecule has 0 saturated heterocycles. The summed E-state index contributed by atoms with van der Waals surface area (Å²) in [5.41, 5.74) is 0.468. The molecule has 2 amide bonds. The highest BCUT2D eigenvalue weighted by Crippen LogP contribution is 2.09. The summed E-state index contributed by atoms with van der Waals surface area (Å²) < 4.78 is 0. The Morgan fingerprint density at radius 2 is 1.67 bits per heavy atom. The number of anilines is 1. The van der Waals surface area contributed by atoms with Crippen LogP contribution < -0.4 is 10.6 Å². The van der Waals surface area contributed by atoms with E-state index in [1.54, 1.807) is 0 Å². The van der Waals surface area contributed by atoms with Crippen LogP contribution in [0, 0.1) is 0 Å². The van der Waals surface area contributed by atoms with Crippen LogP contribution in [-0.4, -0.2) is 34.2 Å². The maximum Gasteiger partial charge on any atom is 0.335 e. The molecule has 0 aliphatic rings. The summed E-state index contributed by atoms with van der Waals surface area (Å²) in [5.74, 6) is -2.21. The Kier molecular flexibility index (Phi) is 4.25. The maximum atomic E-state index is 11.3. The SMILES string of the molecule is CC(NC(=O)Nc1ccc(C(=O)O)cc1)C(=O)O. The van der Waals surface area contributed by atoms with Gasteiger partial charge in [-0.2, -0.15) is 0 Å². The van der Waals surface area contributed by atoms with Gasteiger partial charge in [-0.3, -0.25) is 4.79 Å². The zero-order chi connectivity index (χ0) is 13.7. The molecule has 7 heteroatoms. The van der Waals surface area contributed by atoms with Gasteiger partial charge in [-0.05, 0) is 31.2 Å². The molecule has 0 aromatic heterocycles. The van der Waals surface area contributed by atoms with Crippen LogP contribution in [0.3, 0.4) is 0 Å². The predicted molar refractivity (Wildman–Crippen MR) is 62.7 cm³/mol. The molecule has 96 valence electrons. The van der Waals surface area contributed by atoms with Crippen molar-refractivity contribution in [2.45, 2.75) is 13.0 Å². The van der Waals surface area contributed by atoms with E-state index < -0.39 is 24.0 Å². The minimum absolute atomic E-state index is 0.0971. The van der Waals surface area contributed by atoms with E-state index in [2.05, 4.69) is 10.6 Å². The largest absolute Gasteiger partial charge is 0.480 e. The van der Waals surface area contributed by atoms with E-state index in [1.165, 1.54) is 31.2 Å². The average Bonchev–Trinajstić information content (AvgIpc) is 2.29. The fourth-order valence-corrected chi connectivity index (χ4v) is 1.12. The third-order valence-corrected chi connectivity index (χ3v) is 2.11. The summed E-state index contributed by atoms with van der Waals surface area (Å²) in [4.78, 5) is 32.4. The Morgan fingerprint density at radius 3 is 2.11 bits per heavy atom. The number of carbonyl (C=O) groups is 3. The van der Waals surface area contributed by atoms with Gasteiger partial charge in [0, 0.05) is 5.69 Å².